The van der Waals surface area contributed by atoms with Crippen LogP contribution in [-0.4, -0.2) is 5.71 Å². The smallest absolute Gasteiger partial charge is 0.0428 e. The van der Waals surface area contributed by atoms with Crippen molar-refractivity contribution in [1.29, 1.82) is 0 Å². The lowest BCUT2D eigenvalue weighted by Crippen LogP contribution is -2.06. The summed E-state index contributed by atoms with van der Waals surface area (Å²) in [6.45, 7) is 10.7. The molecular formula is C14H23N. The van der Waals surface area contributed by atoms with Gasteiger partial charge in [0.05, 0.1) is 0 Å². The van der Waals surface area contributed by atoms with E-state index in [0.717, 1.165) is 12.1 Å². The zero-order valence-corrected chi connectivity index (χ0v) is 10.3. The van der Waals surface area contributed by atoms with Crippen LogP contribution in [-0.2, 0) is 0 Å². The minimum absolute atomic E-state index is 0.490. The van der Waals surface area contributed by atoms with Gasteiger partial charge in [-0.15, -0.1) is 0 Å². The van der Waals surface area contributed by atoms with Crippen LogP contribution in [0.15, 0.2) is 29.4 Å². The summed E-state index contributed by atoms with van der Waals surface area (Å²) in [4.78, 5) is 4.61. The fourth-order valence-electron chi connectivity index (χ4n) is 1.75. The van der Waals surface area contributed by atoms with Gasteiger partial charge in [0, 0.05) is 11.4 Å². The van der Waals surface area contributed by atoms with Crippen molar-refractivity contribution >= 4 is 5.71 Å². The van der Waals surface area contributed by atoms with E-state index < -0.39 is 0 Å². The van der Waals surface area contributed by atoms with Gasteiger partial charge in [-0.2, -0.15) is 0 Å². The molecule has 1 aliphatic rings. The first-order chi connectivity index (χ1) is 7.09. The summed E-state index contributed by atoms with van der Waals surface area (Å²) in [5.74, 6) is 1.17. The number of allylic oxidation sites excluding steroid dienone is 3. The van der Waals surface area contributed by atoms with Gasteiger partial charge in [-0.3, -0.25) is 4.99 Å². The Bertz CT molecular complexity index is 271. The highest BCUT2D eigenvalue weighted by Gasteiger charge is 2.06. The summed E-state index contributed by atoms with van der Waals surface area (Å²) in [5, 5.41) is 0. The van der Waals surface area contributed by atoms with Crippen molar-refractivity contribution in [3.05, 3.63) is 24.4 Å². The Morgan fingerprint density at radius 3 is 2.80 bits per heavy atom. The number of hydrogen-bond donors (Lipinski definition) is 0. The third-order valence-corrected chi connectivity index (χ3v) is 2.85. The summed E-state index contributed by atoms with van der Waals surface area (Å²) >= 11 is 0. The maximum Gasteiger partial charge on any atom is 0.0428 e. The van der Waals surface area contributed by atoms with E-state index in [4.69, 9.17) is 0 Å². The van der Waals surface area contributed by atoms with Crippen LogP contribution in [0.2, 0.25) is 0 Å². The fraction of sp³-hybridized carbons (Fsp3) is 0.643. The molecule has 1 unspecified atom stereocenters. The van der Waals surface area contributed by atoms with Gasteiger partial charge in [-0.25, -0.2) is 0 Å². The van der Waals surface area contributed by atoms with Gasteiger partial charge >= 0.3 is 0 Å². The van der Waals surface area contributed by atoms with Crippen LogP contribution in [0.25, 0.3) is 0 Å². The zero-order chi connectivity index (χ0) is 11.3. The zero-order valence-electron chi connectivity index (χ0n) is 10.3. The van der Waals surface area contributed by atoms with Crippen LogP contribution in [0.3, 0.4) is 0 Å². The third kappa shape index (κ3) is 4.46. The number of rotatable bonds is 1. The van der Waals surface area contributed by atoms with Gasteiger partial charge in [-0.1, -0.05) is 39.8 Å². The van der Waals surface area contributed by atoms with Crippen molar-refractivity contribution < 1.29 is 0 Å². The second kappa shape index (κ2) is 5.89. The van der Waals surface area contributed by atoms with Crippen LogP contribution in [0, 0.1) is 11.8 Å². The molecule has 0 spiro atoms. The van der Waals surface area contributed by atoms with Gasteiger partial charge in [-0.05, 0) is 37.2 Å². The molecule has 0 aromatic carbocycles. The first kappa shape index (κ1) is 12.2. The van der Waals surface area contributed by atoms with E-state index in [-0.39, 0.29) is 0 Å². The van der Waals surface area contributed by atoms with E-state index in [2.05, 4.69) is 44.5 Å². The quantitative estimate of drug-likeness (QED) is 0.603. The molecule has 0 aliphatic carbocycles. The highest BCUT2D eigenvalue weighted by Crippen LogP contribution is 2.17. The topological polar surface area (TPSA) is 12.4 Å². The molecule has 0 bridgehead atoms. The van der Waals surface area contributed by atoms with Crippen molar-refractivity contribution in [2.45, 2.75) is 46.5 Å². The van der Waals surface area contributed by atoms with Gasteiger partial charge in [0.25, 0.3) is 0 Å². The molecule has 1 heterocycles. The predicted octanol–water partition coefficient (Wildman–Crippen LogP) is 4.36. The largest absolute Gasteiger partial charge is 0.258 e. The minimum atomic E-state index is 0.490. The highest BCUT2D eigenvalue weighted by molar-refractivity contribution is 5.97. The van der Waals surface area contributed by atoms with Crippen LogP contribution >= 0.6 is 0 Å². The van der Waals surface area contributed by atoms with Crippen molar-refractivity contribution in [3.63, 3.8) is 0 Å². The molecule has 15 heavy (non-hydrogen) atoms. The van der Waals surface area contributed by atoms with Crippen LogP contribution in [0.5, 0.6) is 0 Å². The summed E-state index contributed by atoms with van der Waals surface area (Å²) < 4.78 is 0. The fourth-order valence-corrected chi connectivity index (χ4v) is 1.75. The maximum atomic E-state index is 4.61. The molecule has 0 N–H and O–H groups in total. The Hall–Kier alpha value is -0.850. The Balaban J connectivity index is 2.82. The second-order valence-electron chi connectivity index (χ2n) is 4.84. The lowest BCUT2D eigenvalue weighted by Gasteiger charge is -2.12. The summed E-state index contributed by atoms with van der Waals surface area (Å²) in [6, 6.07) is 0. The molecule has 0 radical (unpaired) electrons. The third-order valence-electron chi connectivity index (χ3n) is 2.85. The van der Waals surface area contributed by atoms with Gasteiger partial charge in [0.2, 0.25) is 0 Å². The summed E-state index contributed by atoms with van der Waals surface area (Å²) in [7, 11) is 0. The minimum Gasteiger partial charge on any atom is -0.258 e. The molecule has 1 nitrogen and oxygen atoms in total. The monoisotopic (exact) mass is 205 g/mol. The molecule has 84 valence electrons. The molecule has 0 aromatic rings. The molecule has 0 saturated carbocycles. The lowest BCUT2D eigenvalue weighted by molar-refractivity contribution is 0.578. The number of hydrogen-bond acceptors (Lipinski definition) is 1. The molecule has 0 amide bonds. The molecule has 1 atom stereocenters. The maximum absolute atomic E-state index is 4.61. The molecule has 0 aromatic heterocycles. The standard InChI is InChI=1S/C14H23N/c1-11(2)14-10-9-12(3)7-5-6-8-13(4)15-14/h9-12H,4-8H2,1-3H3/b10-9-,15-14+. The van der Waals surface area contributed by atoms with Crippen molar-refractivity contribution in [1.82, 2.24) is 0 Å². The van der Waals surface area contributed by atoms with Crippen molar-refractivity contribution in [2.24, 2.45) is 16.8 Å². The normalized spacial score (nSPS) is 29.7. The van der Waals surface area contributed by atoms with E-state index in [0.29, 0.717) is 11.8 Å². The molecule has 1 aliphatic heterocycles. The Kier molecular flexibility index (Phi) is 4.80. The highest BCUT2D eigenvalue weighted by atomic mass is 14.8. The molecule has 0 saturated heterocycles. The van der Waals surface area contributed by atoms with Crippen LogP contribution < -0.4 is 0 Å². The Morgan fingerprint density at radius 1 is 1.40 bits per heavy atom. The molecular weight excluding hydrogens is 182 g/mol. The predicted molar refractivity (Wildman–Crippen MR) is 68.2 cm³/mol. The van der Waals surface area contributed by atoms with Crippen molar-refractivity contribution in [3.8, 4) is 0 Å². The first-order valence-corrected chi connectivity index (χ1v) is 6.04. The van der Waals surface area contributed by atoms with E-state index in [1.165, 1.54) is 25.0 Å². The van der Waals surface area contributed by atoms with E-state index in [9.17, 15) is 0 Å². The van der Waals surface area contributed by atoms with Crippen LogP contribution in [0.4, 0.5) is 0 Å². The van der Waals surface area contributed by atoms with Crippen LogP contribution in [0.1, 0.15) is 46.5 Å². The molecule has 1 rings (SSSR count). The second-order valence-corrected chi connectivity index (χ2v) is 4.84. The summed E-state index contributed by atoms with van der Waals surface area (Å²) in [5.41, 5.74) is 2.21. The lowest BCUT2D eigenvalue weighted by atomic mass is 9.98. The van der Waals surface area contributed by atoms with E-state index in [1.807, 2.05) is 0 Å². The average Bonchev–Trinajstić information content (AvgIpc) is 2.18. The molecule has 0 fully saturated rings. The van der Waals surface area contributed by atoms with Gasteiger partial charge < -0.3 is 0 Å². The van der Waals surface area contributed by atoms with Crippen molar-refractivity contribution in [2.75, 3.05) is 0 Å². The molecule has 1 heteroatoms. The Morgan fingerprint density at radius 2 is 2.13 bits per heavy atom. The SMILES string of the molecule is C=C1CCCCC(C)/C=C\C(C(C)C)=N/1. The number of nitrogens with zero attached hydrogens (tertiary/aromatic N) is 1. The average molecular weight is 205 g/mol. The Labute approximate surface area is 94.0 Å². The van der Waals surface area contributed by atoms with E-state index >= 15 is 0 Å². The van der Waals surface area contributed by atoms with Gasteiger partial charge in [0.15, 0.2) is 0 Å². The van der Waals surface area contributed by atoms with Gasteiger partial charge in [0.1, 0.15) is 0 Å². The number of aliphatic imine (C=N–C) groups is 1. The van der Waals surface area contributed by atoms with E-state index in [1.54, 1.807) is 0 Å². The summed E-state index contributed by atoms with van der Waals surface area (Å²) in [6.07, 6.45) is 9.33. The first-order valence-electron chi connectivity index (χ1n) is 6.04.